The Balaban J connectivity index is 2.05. The summed E-state index contributed by atoms with van der Waals surface area (Å²) in [6, 6.07) is 3.86. The van der Waals surface area contributed by atoms with Crippen molar-refractivity contribution in [3.63, 3.8) is 0 Å². The van der Waals surface area contributed by atoms with Crippen LogP contribution in [0.25, 0.3) is 0 Å². The van der Waals surface area contributed by atoms with Crippen LogP contribution < -0.4 is 4.90 Å². The monoisotopic (exact) mass is 340 g/mol. The molecule has 0 unspecified atom stereocenters. The van der Waals surface area contributed by atoms with Gasteiger partial charge in [-0.1, -0.05) is 11.6 Å². The van der Waals surface area contributed by atoms with Gasteiger partial charge >= 0.3 is 6.18 Å². The van der Waals surface area contributed by atoms with E-state index < -0.39 is 16.8 Å². The lowest BCUT2D eigenvalue weighted by Crippen LogP contribution is -2.38. The van der Waals surface area contributed by atoms with Crippen LogP contribution in [0, 0.1) is 6.92 Å². The highest BCUT2D eigenvalue weighted by Crippen LogP contribution is 2.38. The van der Waals surface area contributed by atoms with Crippen molar-refractivity contribution >= 4 is 23.2 Å². The van der Waals surface area contributed by atoms with Crippen LogP contribution in [0.2, 0.25) is 5.02 Å². The molecule has 0 N–H and O–H groups in total. The molecule has 0 spiro atoms. The predicted molar refractivity (Wildman–Crippen MR) is 80.8 cm³/mol. The molecule has 0 saturated carbocycles. The highest BCUT2D eigenvalue weighted by molar-refractivity contribution is 6.32. The summed E-state index contributed by atoms with van der Waals surface area (Å²) < 4.78 is 38.8. The van der Waals surface area contributed by atoms with Crippen LogP contribution >= 0.6 is 11.6 Å². The molecule has 23 heavy (non-hydrogen) atoms. The second-order valence-electron chi connectivity index (χ2n) is 5.36. The zero-order chi connectivity index (χ0) is 16.8. The van der Waals surface area contributed by atoms with Crippen molar-refractivity contribution in [2.75, 3.05) is 11.4 Å². The van der Waals surface area contributed by atoms with Crippen LogP contribution in [-0.4, -0.2) is 17.4 Å². The minimum atomic E-state index is -4.54. The molecule has 1 aromatic carbocycles. The fourth-order valence-corrected chi connectivity index (χ4v) is 2.96. The first-order valence-electron chi connectivity index (χ1n) is 6.91. The van der Waals surface area contributed by atoms with Crippen molar-refractivity contribution in [3.05, 3.63) is 57.9 Å². The molecule has 1 amide bonds. The Kier molecular flexibility index (Phi) is 3.80. The standard InChI is InChI=1S/C16H12ClF3N2O/c1-9-2-4-21-8-14(9)22-5-3-10-6-12(16(18,19)20)13(17)7-11(10)15(22)23/h2,4,6-8H,3,5H2,1H3. The van der Waals surface area contributed by atoms with Gasteiger partial charge in [-0.15, -0.1) is 0 Å². The SMILES string of the molecule is Cc1ccncc1N1CCc2cc(C(F)(F)F)c(Cl)cc2C1=O. The average Bonchev–Trinajstić information content (AvgIpc) is 2.48. The van der Waals surface area contributed by atoms with Gasteiger partial charge in [0.1, 0.15) is 0 Å². The van der Waals surface area contributed by atoms with E-state index >= 15 is 0 Å². The molecule has 0 radical (unpaired) electrons. The van der Waals surface area contributed by atoms with Gasteiger partial charge in [0.05, 0.1) is 22.5 Å². The third-order valence-electron chi connectivity index (χ3n) is 3.88. The molecule has 0 saturated heterocycles. The number of fused-ring (bicyclic) bond motifs is 1. The Bertz CT molecular complexity index is 789. The minimum absolute atomic E-state index is 0.206. The lowest BCUT2D eigenvalue weighted by atomic mass is 9.95. The maximum absolute atomic E-state index is 12.9. The van der Waals surface area contributed by atoms with Crippen LogP contribution in [0.3, 0.4) is 0 Å². The summed E-state index contributed by atoms with van der Waals surface area (Å²) in [7, 11) is 0. The van der Waals surface area contributed by atoms with E-state index in [1.165, 1.54) is 4.90 Å². The molecule has 3 rings (SSSR count). The smallest absolute Gasteiger partial charge is 0.306 e. The van der Waals surface area contributed by atoms with Gasteiger partial charge in [0.25, 0.3) is 5.91 Å². The number of rotatable bonds is 1. The molecule has 0 atom stereocenters. The molecule has 2 heterocycles. The topological polar surface area (TPSA) is 33.2 Å². The van der Waals surface area contributed by atoms with Gasteiger partial charge in [-0.05, 0) is 42.7 Å². The Hall–Kier alpha value is -2.08. The first-order chi connectivity index (χ1) is 10.8. The quantitative estimate of drug-likeness (QED) is 0.777. The van der Waals surface area contributed by atoms with Crippen LogP contribution in [0.5, 0.6) is 0 Å². The summed E-state index contributed by atoms with van der Waals surface area (Å²) in [4.78, 5) is 18.2. The number of alkyl halides is 3. The normalized spacial score (nSPS) is 14.8. The molecule has 0 fully saturated rings. The fraction of sp³-hybridized carbons (Fsp3) is 0.250. The summed E-state index contributed by atoms with van der Waals surface area (Å²) in [6.07, 6.45) is -1.01. The number of carbonyl (C=O) groups excluding carboxylic acids is 1. The largest absolute Gasteiger partial charge is 0.417 e. The van der Waals surface area contributed by atoms with Gasteiger partial charge in [0.2, 0.25) is 0 Å². The number of amides is 1. The molecular formula is C16H12ClF3N2O. The van der Waals surface area contributed by atoms with Crippen molar-refractivity contribution in [2.45, 2.75) is 19.5 Å². The summed E-state index contributed by atoms with van der Waals surface area (Å²) >= 11 is 5.73. The lowest BCUT2D eigenvalue weighted by molar-refractivity contribution is -0.137. The molecule has 120 valence electrons. The van der Waals surface area contributed by atoms with E-state index in [1.54, 1.807) is 18.5 Å². The summed E-state index contributed by atoms with van der Waals surface area (Å²) in [5.41, 5.74) is 1.19. The average molecular weight is 341 g/mol. The third kappa shape index (κ3) is 2.79. The highest BCUT2D eigenvalue weighted by atomic mass is 35.5. The number of carbonyl (C=O) groups is 1. The number of pyridine rings is 1. The van der Waals surface area contributed by atoms with Crippen molar-refractivity contribution in [1.82, 2.24) is 4.98 Å². The van der Waals surface area contributed by atoms with Gasteiger partial charge in [-0.2, -0.15) is 13.2 Å². The Morgan fingerprint density at radius 1 is 1.30 bits per heavy atom. The molecule has 1 aromatic heterocycles. The number of anilines is 1. The van der Waals surface area contributed by atoms with E-state index in [9.17, 15) is 18.0 Å². The van der Waals surface area contributed by atoms with E-state index in [0.29, 0.717) is 24.2 Å². The van der Waals surface area contributed by atoms with E-state index in [4.69, 9.17) is 11.6 Å². The van der Waals surface area contributed by atoms with Crippen LogP contribution in [0.15, 0.2) is 30.6 Å². The van der Waals surface area contributed by atoms with Crippen molar-refractivity contribution < 1.29 is 18.0 Å². The first kappa shape index (κ1) is 15.8. The number of aromatic nitrogens is 1. The van der Waals surface area contributed by atoms with Gasteiger partial charge in [0, 0.05) is 18.3 Å². The minimum Gasteiger partial charge on any atom is -0.306 e. The Morgan fingerprint density at radius 2 is 2.04 bits per heavy atom. The number of benzene rings is 1. The summed E-state index contributed by atoms with van der Waals surface area (Å²) in [5.74, 6) is -0.363. The van der Waals surface area contributed by atoms with Crippen LogP contribution in [-0.2, 0) is 12.6 Å². The second kappa shape index (κ2) is 5.53. The Labute approximate surface area is 135 Å². The zero-order valence-corrected chi connectivity index (χ0v) is 12.9. The molecule has 7 heteroatoms. The molecule has 1 aliphatic heterocycles. The van der Waals surface area contributed by atoms with Gasteiger partial charge in [0.15, 0.2) is 0 Å². The number of hydrogen-bond donors (Lipinski definition) is 0. The Morgan fingerprint density at radius 3 is 2.70 bits per heavy atom. The summed E-state index contributed by atoms with van der Waals surface area (Å²) in [5, 5.41) is -0.464. The van der Waals surface area contributed by atoms with Gasteiger partial charge < -0.3 is 4.90 Å². The molecule has 2 aromatic rings. The van der Waals surface area contributed by atoms with Crippen molar-refractivity contribution in [1.29, 1.82) is 0 Å². The maximum Gasteiger partial charge on any atom is 0.417 e. The van der Waals surface area contributed by atoms with Crippen LogP contribution in [0.1, 0.15) is 27.0 Å². The molecule has 0 aliphatic carbocycles. The molecular weight excluding hydrogens is 329 g/mol. The first-order valence-corrected chi connectivity index (χ1v) is 7.29. The predicted octanol–water partition coefficient (Wildman–Crippen LogP) is 4.27. The third-order valence-corrected chi connectivity index (χ3v) is 4.19. The van der Waals surface area contributed by atoms with E-state index in [0.717, 1.165) is 17.7 Å². The lowest BCUT2D eigenvalue weighted by Gasteiger charge is -2.30. The fourth-order valence-electron chi connectivity index (χ4n) is 2.69. The number of aryl methyl sites for hydroxylation is 1. The van der Waals surface area contributed by atoms with E-state index in [-0.39, 0.29) is 11.5 Å². The number of halogens is 4. The molecule has 0 bridgehead atoms. The van der Waals surface area contributed by atoms with E-state index in [1.807, 2.05) is 6.92 Å². The molecule has 1 aliphatic rings. The van der Waals surface area contributed by atoms with Crippen LogP contribution in [0.4, 0.5) is 18.9 Å². The van der Waals surface area contributed by atoms with Crippen molar-refractivity contribution in [3.8, 4) is 0 Å². The zero-order valence-electron chi connectivity index (χ0n) is 12.1. The van der Waals surface area contributed by atoms with Gasteiger partial charge in [-0.25, -0.2) is 0 Å². The second-order valence-corrected chi connectivity index (χ2v) is 5.76. The van der Waals surface area contributed by atoms with E-state index in [2.05, 4.69) is 4.98 Å². The highest BCUT2D eigenvalue weighted by Gasteiger charge is 2.36. The van der Waals surface area contributed by atoms with Crippen molar-refractivity contribution in [2.24, 2.45) is 0 Å². The van der Waals surface area contributed by atoms with Gasteiger partial charge in [-0.3, -0.25) is 9.78 Å². The maximum atomic E-state index is 12.9. The number of hydrogen-bond acceptors (Lipinski definition) is 2. The summed E-state index contributed by atoms with van der Waals surface area (Å²) in [6.45, 7) is 2.15. The number of nitrogens with zero attached hydrogens (tertiary/aromatic N) is 2. The molecule has 3 nitrogen and oxygen atoms in total.